The molecule has 1 aliphatic carbocycles. The lowest BCUT2D eigenvalue weighted by Crippen LogP contribution is -2.31. The first kappa shape index (κ1) is 16.9. The highest BCUT2D eigenvalue weighted by atomic mass is 79.9. The fourth-order valence-electron chi connectivity index (χ4n) is 2.75. The highest BCUT2D eigenvalue weighted by Gasteiger charge is 2.27. The standard InChI is InChI=1S/C14H19BrFNO3S/c1-9-3-2-4-10(9)7-17-21(19,20)13-6-12(15)5-11(8-18)14(13)16/h5-6,9-10,17-18H,2-4,7-8H2,1H3. The van der Waals surface area contributed by atoms with Crippen LogP contribution in [0.4, 0.5) is 4.39 Å². The minimum atomic E-state index is -3.92. The maximum Gasteiger partial charge on any atom is 0.243 e. The molecule has 1 aromatic rings. The van der Waals surface area contributed by atoms with Crippen LogP contribution in [-0.2, 0) is 16.6 Å². The van der Waals surface area contributed by atoms with Gasteiger partial charge in [0.05, 0.1) is 6.61 Å². The Morgan fingerprint density at radius 2 is 2.14 bits per heavy atom. The molecule has 1 aromatic carbocycles. The van der Waals surface area contributed by atoms with Crippen molar-refractivity contribution in [1.82, 2.24) is 4.72 Å². The third-order valence-corrected chi connectivity index (χ3v) is 5.99. The van der Waals surface area contributed by atoms with E-state index < -0.39 is 27.3 Å². The van der Waals surface area contributed by atoms with Gasteiger partial charge in [0.25, 0.3) is 0 Å². The van der Waals surface area contributed by atoms with Crippen LogP contribution in [0.1, 0.15) is 31.7 Å². The van der Waals surface area contributed by atoms with Crippen molar-refractivity contribution in [2.75, 3.05) is 6.54 Å². The molecule has 0 aromatic heterocycles. The van der Waals surface area contributed by atoms with E-state index in [9.17, 15) is 12.8 Å². The number of sulfonamides is 1. The molecule has 0 aliphatic heterocycles. The Labute approximate surface area is 132 Å². The molecule has 2 rings (SSSR count). The Hall–Kier alpha value is -0.500. The molecule has 0 radical (unpaired) electrons. The van der Waals surface area contributed by atoms with E-state index in [2.05, 4.69) is 27.6 Å². The maximum atomic E-state index is 14.1. The van der Waals surface area contributed by atoms with Crippen molar-refractivity contribution in [3.63, 3.8) is 0 Å². The minimum absolute atomic E-state index is 0.0426. The van der Waals surface area contributed by atoms with Crippen molar-refractivity contribution in [3.8, 4) is 0 Å². The first-order valence-electron chi connectivity index (χ1n) is 6.93. The molecule has 4 nitrogen and oxygen atoms in total. The SMILES string of the molecule is CC1CCCC1CNS(=O)(=O)c1cc(Br)cc(CO)c1F. The Balaban J connectivity index is 2.21. The molecule has 118 valence electrons. The summed E-state index contributed by atoms with van der Waals surface area (Å²) in [5, 5.41) is 9.09. The van der Waals surface area contributed by atoms with Crippen molar-refractivity contribution in [3.05, 3.63) is 28.0 Å². The van der Waals surface area contributed by atoms with Crippen LogP contribution in [0, 0.1) is 17.7 Å². The normalized spacial score (nSPS) is 22.7. The largest absolute Gasteiger partial charge is 0.392 e. The summed E-state index contributed by atoms with van der Waals surface area (Å²) in [4.78, 5) is -0.424. The Morgan fingerprint density at radius 1 is 1.43 bits per heavy atom. The van der Waals surface area contributed by atoms with Crippen molar-refractivity contribution in [2.24, 2.45) is 11.8 Å². The Kier molecular flexibility index (Phi) is 5.40. The minimum Gasteiger partial charge on any atom is -0.392 e. The summed E-state index contributed by atoms with van der Waals surface area (Å²) >= 11 is 3.14. The quantitative estimate of drug-likeness (QED) is 0.826. The van der Waals surface area contributed by atoms with Crippen LogP contribution in [0.15, 0.2) is 21.5 Å². The van der Waals surface area contributed by atoms with Crippen LogP contribution < -0.4 is 4.72 Å². The van der Waals surface area contributed by atoms with Gasteiger partial charge < -0.3 is 5.11 Å². The molecule has 7 heteroatoms. The number of benzene rings is 1. The van der Waals surface area contributed by atoms with Gasteiger partial charge in [0.15, 0.2) is 0 Å². The summed E-state index contributed by atoms with van der Waals surface area (Å²) in [6.07, 6.45) is 3.20. The smallest absolute Gasteiger partial charge is 0.243 e. The van der Waals surface area contributed by atoms with Crippen LogP contribution in [0.3, 0.4) is 0 Å². The molecule has 0 spiro atoms. The molecule has 2 atom stereocenters. The summed E-state index contributed by atoms with van der Waals surface area (Å²) in [6.45, 7) is 1.88. The number of hydrogen-bond donors (Lipinski definition) is 2. The van der Waals surface area contributed by atoms with Gasteiger partial charge in [-0.05, 0) is 30.4 Å². The molecule has 2 unspecified atom stereocenters. The molecule has 21 heavy (non-hydrogen) atoms. The number of aliphatic hydroxyl groups excluding tert-OH is 1. The van der Waals surface area contributed by atoms with E-state index in [0.717, 1.165) is 19.3 Å². The predicted molar refractivity (Wildman–Crippen MR) is 81.7 cm³/mol. The summed E-state index contributed by atoms with van der Waals surface area (Å²) < 4.78 is 41.6. The highest BCUT2D eigenvalue weighted by Crippen LogP contribution is 2.31. The van der Waals surface area contributed by atoms with Gasteiger partial charge in [-0.2, -0.15) is 0 Å². The van der Waals surface area contributed by atoms with Crippen molar-refractivity contribution in [1.29, 1.82) is 0 Å². The fraction of sp³-hybridized carbons (Fsp3) is 0.571. The second kappa shape index (κ2) is 6.73. The van der Waals surface area contributed by atoms with Crippen LogP contribution >= 0.6 is 15.9 Å². The molecule has 1 fully saturated rings. The van der Waals surface area contributed by atoms with E-state index in [-0.39, 0.29) is 5.56 Å². The van der Waals surface area contributed by atoms with E-state index in [1.165, 1.54) is 12.1 Å². The van der Waals surface area contributed by atoms with Crippen LogP contribution in [-0.4, -0.2) is 20.1 Å². The third kappa shape index (κ3) is 3.83. The average molecular weight is 380 g/mol. The van der Waals surface area contributed by atoms with Gasteiger partial charge in [0.2, 0.25) is 10.0 Å². The fourth-order valence-corrected chi connectivity index (χ4v) is 4.64. The molecule has 0 amide bonds. The molecular weight excluding hydrogens is 361 g/mol. The first-order chi connectivity index (χ1) is 9.85. The highest BCUT2D eigenvalue weighted by molar-refractivity contribution is 9.10. The molecule has 0 saturated heterocycles. The zero-order valence-corrected chi connectivity index (χ0v) is 14.2. The monoisotopic (exact) mass is 379 g/mol. The van der Waals surface area contributed by atoms with Crippen molar-refractivity contribution in [2.45, 2.75) is 37.7 Å². The van der Waals surface area contributed by atoms with E-state index in [4.69, 9.17) is 5.11 Å². The maximum absolute atomic E-state index is 14.1. The zero-order valence-electron chi connectivity index (χ0n) is 11.8. The van der Waals surface area contributed by atoms with Gasteiger partial charge in [0.1, 0.15) is 10.7 Å². The van der Waals surface area contributed by atoms with Gasteiger partial charge in [-0.15, -0.1) is 0 Å². The van der Waals surface area contributed by atoms with Crippen molar-refractivity contribution >= 4 is 26.0 Å². The first-order valence-corrected chi connectivity index (χ1v) is 9.21. The predicted octanol–water partition coefficient (Wildman–Crippen LogP) is 2.80. The molecule has 1 saturated carbocycles. The van der Waals surface area contributed by atoms with Crippen molar-refractivity contribution < 1.29 is 17.9 Å². The van der Waals surface area contributed by atoms with Gasteiger partial charge in [0, 0.05) is 16.6 Å². The lowest BCUT2D eigenvalue weighted by atomic mass is 9.99. The Bertz CT molecular complexity index is 621. The van der Waals surface area contributed by atoms with Crippen LogP contribution in [0.25, 0.3) is 0 Å². The Morgan fingerprint density at radius 3 is 2.71 bits per heavy atom. The van der Waals surface area contributed by atoms with Gasteiger partial charge in [-0.1, -0.05) is 35.7 Å². The average Bonchev–Trinajstić information content (AvgIpc) is 2.84. The number of halogens is 2. The van der Waals surface area contributed by atoms with E-state index in [1.807, 2.05) is 0 Å². The van der Waals surface area contributed by atoms with Crippen LogP contribution in [0.2, 0.25) is 0 Å². The van der Waals surface area contributed by atoms with Crippen LogP contribution in [0.5, 0.6) is 0 Å². The van der Waals surface area contributed by atoms with E-state index in [1.54, 1.807) is 0 Å². The third-order valence-electron chi connectivity index (χ3n) is 4.11. The summed E-state index contributed by atoms with van der Waals surface area (Å²) in [7, 11) is -3.92. The second-order valence-electron chi connectivity index (χ2n) is 5.56. The second-order valence-corrected chi connectivity index (χ2v) is 8.21. The molecule has 2 N–H and O–H groups in total. The topological polar surface area (TPSA) is 66.4 Å². The van der Waals surface area contributed by atoms with Gasteiger partial charge >= 0.3 is 0 Å². The lowest BCUT2D eigenvalue weighted by molar-refractivity contribution is 0.274. The number of rotatable bonds is 5. The molecule has 1 aliphatic rings. The number of hydrogen-bond acceptors (Lipinski definition) is 3. The number of aliphatic hydroxyl groups is 1. The molecule has 0 bridgehead atoms. The summed E-state index contributed by atoms with van der Waals surface area (Å²) in [6, 6.07) is 2.59. The zero-order chi connectivity index (χ0) is 15.6. The molecule has 0 heterocycles. The van der Waals surface area contributed by atoms with Gasteiger partial charge in [-0.25, -0.2) is 17.5 Å². The number of nitrogens with one attached hydrogen (secondary N) is 1. The lowest BCUT2D eigenvalue weighted by Gasteiger charge is -2.17. The van der Waals surface area contributed by atoms with E-state index in [0.29, 0.717) is 22.9 Å². The summed E-state index contributed by atoms with van der Waals surface area (Å²) in [5.74, 6) is -0.118. The van der Waals surface area contributed by atoms with E-state index >= 15 is 0 Å². The van der Waals surface area contributed by atoms with Gasteiger partial charge in [-0.3, -0.25) is 0 Å². The molecular formula is C14H19BrFNO3S. The summed E-state index contributed by atoms with van der Waals surface area (Å²) in [5.41, 5.74) is -0.0426.